The lowest BCUT2D eigenvalue weighted by Gasteiger charge is -1.99. The van der Waals surface area contributed by atoms with E-state index in [4.69, 9.17) is 4.52 Å². The van der Waals surface area contributed by atoms with Crippen LogP contribution >= 0.6 is 0 Å². The summed E-state index contributed by atoms with van der Waals surface area (Å²) in [6.45, 7) is 0. The summed E-state index contributed by atoms with van der Waals surface area (Å²) in [6.07, 6.45) is 1.55. The predicted octanol–water partition coefficient (Wildman–Crippen LogP) is 2.89. The first-order valence-corrected chi connectivity index (χ1v) is 4.70. The van der Waals surface area contributed by atoms with E-state index in [1.54, 1.807) is 6.26 Å². The first-order valence-electron chi connectivity index (χ1n) is 4.70. The molecule has 0 spiro atoms. The van der Waals surface area contributed by atoms with E-state index < -0.39 is 0 Å². The molecule has 1 aromatic heterocycles. The number of aromatic nitrogens is 2. The zero-order chi connectivity index (χ0) is 10.1. The molecular weight excluding hydrogens is 188 g/mol. The van der Waals surface area contributed by atoms with Crippen LogP contribution in [0.1, 0.15) is 0 Å². The van der Waals surface area contributed by atoms with Crippen molar-refractivity contribution in [2.75, 3.05) is 0 Å². The van der Waals surface area contributed by atoms with E-state index in [1.807, 2.05) is 18.2 Å². The third-order valence-electron chi connectivity index (χ3n) is 2.41. The number of hydrogen-bond donors (Lipinski definition) is 0. The molecule has 0 aliphatic heterocycles. The molecule has 0 unspecified atom stereocenters. The molecule has 0 fully saturated rings. The molecule has 0 bridgehead atoms. The lowest BCUT2D eigenvalue weighted by Crippen LogP contribution is -1.78. The second-order valence-electron chi connectivity index (χ2n) is 3.35. The van der Waals surface area contributed by atoms with Crippen molar-refractivity contribution in [2.45, 2.75) is 0 Å². The van der Waals surface area contributed by atoms with E-state index >= 15 is 0 Å². The fourth-order valence-corrected chi connectivity index (χ4v) is 1.64. The average molecular weight is 196 g/mol. The van der Waals surface area contributed by atoms with Crippen molar-refractivity contribution in [2.24, 2.45) is 0 Å². The van der Waals surface area contributed by atoms with Gasteiger partial charge in [-0.1, -0.05) is 36.4 Å². The Balaban J connectivity index is 2.22. The van der Waals surface area contributed by atoms with Gasteiger partial charge in [-0.3, -0.25) is 0 Å². The highest BCUT2D eigenvalue weighted by Crippen LogP contribution is 2.22. The molecule has 3 aromatic rings. The van der Waals surface area contributed by atoms with Gasteiger partial charge < -0.3 is 4.52 Å². The van der Waals surface area contributed by atoms with Crippen LogP contribution in [0.25, 0.3) is 22.0 Å². The standard InChI is InChI=1S/C12H8N2O/c1-2-4-10-7-11(6-5-9(10)3-1)12-8-15-14-13-12/h1-8H. The maximum absolute atomic E-state index is 4.72. The molecule has 72 valence electrons. The molecule has 0 aliphatic rings. The van der Waals surface area contributed by atoms with E-state index in [1.165, 1.54) is 10.8 Å². The van der Waals surface area contributed by atoms with Crippen molar-refractivity contribution in [1.29, 1.82) is 0 Å². The monoisotopic (exact) mass is 196 g/mol. The van der Waals surface area contributed by atoms with Crippen LogP contribution < -0.4 is 0 Å². The second-order valence-corrected chi connectivity index (χ2v) is 3.35. The third-order valence-corrected chi connectivity index (χ3v) is 2.41. The Labute approximate surface area is 86.3 Å². The number of hydrogen-bond acceptors (Lipinski definition) is 3. The molecule has 3 nitrogen and oxygen atoms in total. The fraction of sp³-hybridized carbons (Fsp3) is 0. The van der Waals surface area contributed by atoms with E-state index in [0.717, 1.165) is 11.3 Å². The van der Waals surface area contributed by atoms with E-state index in [9.17, 15) is 0 Å². The molecule has 0 saturated carbocycles. The molecule has 3 heteroatoms. The molecule has 0 atom stereocenters. The highest BCUT2D eigenvalue weighted by Gasteiger charge is 2.02. The zero-order valence-electron chi connectivity index (χ0n) is 7.92. The van der Waals surface area contributed by atoms with Gasteiger partial charge in [-0.25, -0.2) is 0 Å². The van der Waals surface area contributed by atoms with Crippen molar-refractivity contribution in [3.05, 3.63) is 48.7 Å². The summed E-state index contributed by atoms with van der Waals surface area (Å²) in [5.41, 5.74) is 1.79. The van der Waals surface area contributed by atoms with Crippen molar-refractivity contribution in [3.8, 4) is 11.3 Å². The summed E-state index contributed by atoms with van der Waals surface area (Å²) in [4.78, 5) is 0. The van der Waals surface area contributed by atoms with Crippen LogP contribution in [0.4, 0.5) is 0 Å². The Morgan fingerprint density at radius 3 is 2.60 bits per heavy atom. The Kier molecular flexibility index (Phi) is 1.75. The van der Waals surface area contributed by atoms with Gasteiger partial charge in [-0.15, -0.1) is 5.10 Å². The SMILES string of the molecule is c1ccc2cc(-c3conn3)ccc2c1. The topological polar surface area (TPSA) is 38.9 Å². The van der Waals surface area contributed by atoms with Gasteiger partial charge in [-0.05, 0) is 16.8 Å². The third kappa shape index (κ3) is 1.38. The molecule has 0 radical (unpaired) electrons. The van der Waals surface area contributed by atoms with Gasteiger partial charge in [-0.2, -0.15) is 0 Å². The van der Waals surface area contributed by atoms with Crippen molar-refractivity contribution >= 4 is 10.8 Å². The van der Waals surface area contributed by atoms with Crippen LogP contribution in [0, 0.1) is 0 Å². The highest BCUT2D eigenvalue weighted by atomic mass is 16.5. The molecule has 15 heavy (non-hydrogen) atoms. The summed E-state index contributed by atoms with van der Waals surface area (Å²) in [5.74, 6) is 0. The van der Waals surface area contributed by atoms with E-state index in [0.29, 0.717) is 0 Å². The Morgan fingerprint density at radius 1 is 0.933 bits per heavy atom. The Bertz CT molecular complexity index is 587. The minimum Gasteiger partial charge on any atom is -0.345 e. The maximum Gasteiger partial charge on any atom is 0.152 e. The number of fused-ring (bicyclic) bond motifs is 1. The van der Waals surface area contributed by atoms with Gasteiger partial charge in [0, 0.05) is 10.8 Å². The van der Waals surface area contributed by atoms with Crippen LogP contribution in [0.3, 0.4) is 0 Å². The maximum atomic E-state index is 4.72. The minimum atomic E-state index is 0.765. The van der Waals surface area contributed by atoms with Gasteiger partial charge >= 0.3 is 0 Å². The normalized spacial score (nSPS) is 10.7. The van der Waals surface area contributed by atoms with Crippen LogP contribution in [-0.2, 0) is 0 Å². The molecule has 0 amide bonds. The smallest absolute Gasteiger partial charge is 0.152 e. The lowest BCUT2D eigenvalue weighted by atomic mass is 10.1. The quantitative estimate of drug-likeness (QED) is 0.600. The average Bonchev–Trinajstić information content (AvgIpc) is 2.82. The van der Waals surface area contributed by atoms with Gasteiger partial charge in [0.25, 0.3) is 0 Å². The molecule has 1 heterocycles. The van der Waals surface area contributed by atoms with Gasteiger partial charge in [0.15, 0.2) is 6.26 Å². The van der Waals surface area contributed by atoms with Crippen LogP contribution in [0.5, 0.6) is 0 Å². The fourth-order valence-electron chi connectivity index (χ4n) is 1.64. The second kappa shape index (κ2) is 3.20. The molecule has 0 N–H and O–H groups in total. The Hall–Kier alpha value is -2.16. The largest absolute Gasteiger partial charge is 0.345 e. The zero-order valence-corrected chi connectivity index (χ0v) is 7.92. The predicted molar refractivity (Wildman–Crippen MR) is 57.2 cm³/mol. The van der Waals surface area contributed by atoms with Crippen molar-refractivity contribution < 1.29 is 4.52 Å². The molecule has 0 saturated heterocycles. The lowest BCUT2D eigenvalue weighted by molar-refractivity contribution is 0.393. The van der Waals surface area contributed by atoms with Crippen LogP contribution in [0.2, 0.25) is 0 Å². The summed E-state index contributed by atoms with van der Waals surface area (Å²) < 4.78 is 4.72. The minimum absolute atomic E-state index is 0.765. The number of benzene rings is 2. The van der Waals surface area contributed by atoms with E-state index in [2.05, 4.69) is 34.6 Å². The highest BCUT2D eigenvalue weighted by molar-refractivity contribution is 5.86. The number of rotatable bonds is 1. The summed E-state index contributed by atoms with van der Waals surface area (Å²) >= 11 is 0. The van der Waals surface area contributed by atoms with Crippen LogP contribution in [0.15, 0.2) is 53.3 Å². The molecule has 3 rings (SSSR count). The van der Waals surface area contributed by atoms with Gasteiger partial charge in [0.2, 0.25) is 0 Å². The number of nitrogens with zero attached hydrogens (tertiary/aromatic N) is 2. The van der Waals surface area contributed by atoms with Gasteiger partial charge in [0.05, 0.1) is 0 Å². The summed E-state index contributed by atoms with van der Waals surface area (Å²) in [6, 6.07) is 14.4. The van der Waals surface area contributed by atoms with Crippen molar-refractivity contribution in [3.63, 3.8) is 0 Å². The van der Waals surface area contributed by atoms with Crippen LogP contribution in [-0.4, -0.2) is 10.4 Å². The Morgan fingerprint density at radius 2 is 1.80 bits per heavy atom. The molecule has 2 aromatic carbocycles. The molecule has 0 aliphatic carbocycles. The summed E-state index contributed by atoms with van der Waals surface area (Å²) in [7, 11) is 0. The first kappa shape index (κ1) is 8.17. The van der Waals surface area contributed by atoms with E-state index in [-0.39, 0.29) is 0 Å². The van der Waals surface area contributed by atoms with Gasteiger partial charge in [0.1, 0.15) is 5.69 Å². The summed E-state index contributed by atoms with van der Waals surface area (Å²) in [5, 5.41) is 9.74. The molecular formula is C12H8N2O. The van der Waals surface area contributed by atoms with Crippen molar-refractivity contribution in [1.82, 2.24) is 10.4 Å². The first-order chi connectivity index (χ1) is 7.43.